The molecule has 1 aromatic heterocycles. The van der Waals surface area contributed by atoms with Crippen LogP contribution in [0.4, 0.5) is 0 Å². The maximum absolute atomic E-state index is 13.5. The summed E-state index contributed by atoms with van der Waals surface area (Å²) in [5.74, 6) is 0.544. The Hall–Kier alpha value is -2.92. The number of aromatic nitrogens is 1. The van der Waals surface area contributed by atoms with E-state index in [2.05, 4.69) is 4.98 Å². The predicted octanol–water partition coefficient (Wildman–Crippen LogP) is 3.92. The average molecular weight is 364 g/mol. The smallest absolute Gasteiger partial charge is 0.258 e. The molecule has 5 heteroatoms. The number of fused-ring (bicyclic) bond motifs is 1. The van der Waals surface area contributed by atoms with Crippen LogP contribution in [0.25, 0.3) is 10.8 Å². The normalized spacial score (nSPS) is 10.7. The van der Waals surface area contributed by atoms with Crippen LogP contribution in [0.1, 0.15) is 22.8 Å². The van der Waals surface area contributed by atoms with E-state index >= 15 is 0 Å². The molecule has 0 radical (unpaired) electrons. The molecular formula is C22H24N2O3. The third-order valence-corrected chi connectivity index (χ3v) is 4.38. The van der Waals surface area contributed by atoms with Crippen molar-refractivity contribution < 1.29 is 14.3 Å². The van der Waals surface area contributed by atoms with E-state index in [1.165, 1.54) is 0 Å². The molecule has 0 N–H and O–H groups in total. The highest BCUT2D eigenvalue weighted by Crippen LogP contribution is 2.30. The lowest BCUT2D eigenvalue weighted by Crippen LogP contribution is -2.34. The Bertz CT molecular complexity index is 896. The molecule has 0 aliphatic heterocycles. The van der Waals surface area contributed by atoms with Gasteiger partial charge in [0, 0.05) is 32.6 Å². The summed E-state index contributed by atoms with van der Waals surface area (Å²) < 4.78 is 11.0. The number of hydrogen-bond acceptors (Lipinski definition) is 4. The number of benzene rings is 2. The van der Waals surface area contributed by atoms with Crippen molar-refractivity contribution in [2.24, 2.45) is 0 Å². The quantitative estimate of drug-likeness (QED) is 0.608. The van der Waals surface area contributed by atoms with Gasteiger partial charge in [0.1, 0.15) is 5.75 Å². The summed E-state index contributed by atoms with van der Waals surface area (Å²) in [5, 5.41) is 1.91. The molecule has 0 aliphatic rings. The Kier molecular flexibility index (Phi) is 6.39. The Balaban J connectivity index is 2.02. The maximum Gasteiger partial charge on any atom is 0.258 e. The van der Waals surface area contributed by atoms with E-state index < -0.39 is 0 Å². The van der Waals surface area contributed by atoms with Gasteiger partial charge in [-0.3, -0.25) is 9.78 Å². The molecule has 0 spiro atoms. The largest absolute Gasteiger partial charge is 0.493 e. The summed E-state index contributed by atoms with van der Waals surface area (Å²) in [6.07, 6.45) is 3.47. The van der Waals surface area contributed by atoms with Gasteiger partial charge < -0.3 is 14.4 Å². The third-order valence-electron chi connectivity index (χ3n) is 4.38. The fourth-order valence-corrected chi connectivity index (χ4v) is 3.07. The van der Waals surface area contributed by atoms with Crippen molar-refractivity contribution in [1.82, 2.24) is 9.88 Å². The van der Waals surface area contributed by atoms with Crippen molar-refractivity contribution in [1.29, 1.82) is 0 Å². The van der Waals surface area contributed by atoms with Crippen molar-refractivity contribution >= 4 is 16.7 Å². The summed E-state index contributed by atoms with van der Waals surface area (Å²) >= 11 is 0. The Labute approximate surface area is 159 Å². The van der Waals surface area contributed by atoms with Crippen molar-refractivity contribution in [3.05, 3.63) is 72.1 Å². The first-order chi connectivity index (χ1) is 13.2. The lowest BCUT2D eigenvalue weighted by atomic mass is 10.0. The van der Waals surface area contributed by atoms with Crippen LogP contribution in [-0.2, 0) is 11.3 Å². The van der Waals surface area contributed by atoms with Crippen LogP contribution in [-0.4, -0.2) is 42.7 Å². The summed E-state index contributed by atoms with van der Waals surface area (Å²) in [4.78, 5) is 19.4. The lowest BCUT2D eigenvalue weighted by molar-refractivity contribution is 0.0678. The monoisotopic (exact) mass is 364 g/mol. The van der Waals surface area contributed by atoms with Gasteiger partial charge in [-0.25, -0.2) is 0 Å². The number of carbonyl (C=O) groups excluding carboxylic acids is 1. The first kappa shape index (κ1) is 18.9. The number of carbonyl (C=O) groups is 1. The number of pyridine rings is 1. The Morgan fingerprint density at radius 1 is 1.07 bits per heavy atom. The molecule has 1 amide bonds. The molecule has 2 aromatic carbocycles. The molecule has 27 heavy (non-hydrogen) atoms. The van der Waals surface area contributed by atoms with Gasteiger partial charge in [-0.2, -0.15) is 0 Å². The highest BCUT2D eigenvalue weighted by atomic mass is 16.5. The van der Waals surface area contributed by atoms with Gasteiger partial charge in [-0.1, -0.05) is 30.3 Å². The molecule has 5 nitrogen and oxygen atoms in total. The number of methoxy groups -OCH3 is 1. The molecule has 0 atom stereocenters. The summed E-state index contributed by atoms with van der Waals surface area (Å²) in [5.41, 5.74) is 1.62. The van der Waals surface area contributed by atoms with Gasteiger partial charge >= 0.3 is 0 Å². The molecule has 140 valence electrons. The van der Waals surface area contributed by atoms with E-state index in [1.807, 2.05) is 55.5 Å². The Morgan fingerprint density at radius 2 is 1.85 bits per heavy atom. The first-order valence-corrected chi connectivity index (χ1v) is 9.06. The van der Waals surface area contributed by atoms with Gasteiger partial charge in [0.2, 0.25) is 0 Å². The molecular weight excluding hydrogens is 340 g/mol. The molecule has 3 rings (SSSR count). The fraction of sp³-hybridized carbons (Fsp3) is 0.273. The van der Waals surface area contributed by atoms with Gasteiger partial charge in [0.25, 0.3) is 5.91 Å². The topological polar surface area (TPSA) is 51.7 Å². The van der Waals surface area contributed by atoms with Crippen LogP contribution in [0.15, 0.2) is 60.9 Å². The van der Waals surface area contributed by atoms with Crippen molar-refractivity contribution in [3.8, 4) is 5.75 Å². The lowest BCUT2D eigenvalue weighted by Gasteiger charge is -2.24. The fourth-order valence-electron chi connectivity index (χ4n) is 3.07. The minimum atomic E-state index is -0.0656. The van der Waals surface area contributed by atoms with Crippen LogP contribution in [0.5, 0.6) is 5.75 Å². The van der Waals surface area contributed by atoms with Gasteiger partial charge in [0.15, 0.2) is 0 Å². The number of rotatable bonds is 8. The molecule has 1 heterocycles. The summed E-state index contributed by atoms with van der Waals surface area (Å²) in [6.45, 7) is 3.86. The summed E-state index contributed by atoms with van der Waals surface area (Å²) in [7, 11) is 1.64. The standard InChI is InChI=1S/C22H24N2O3/c1-3-27-20-9-8-18-6-4-5-7-19(18)21(20)22(25)24(14-15-26-2)16-17-10-12-23-13-11-17/h4-13H,3,14-16H2,1-2H3. The van der Waals surface area contributed by atoms with Crippen molar-refractivity contribution in [3.63, 3.8) is 0 Å². The number of nitrogens with zero attached hydrogens (tertiary/aromatic N) is 2. The Morgan fingerprint density at radius 3 is 2.59 bits per heavy atom. The molecule has 3 aromatic rings. The van der Waals surface area contributed by atoms with Gasteiger partial charge in [0.05, 0.1) is 18.8 Å². The second-order valence-corrected chi connectivity index (χ2v) is 6.17. The van der Waals surface area contributed by atoms with Crippen LogP contribution >= 0.6 is 0 Å². The zero-order valence-corrected chi connectivity index (χ0v) is 15.7. The number of hydrogen-bond donors (Lipinski definition) is 0. The number of ether oxygens (including phenoxy) is 2. The SMILES string of the molecule is CCOc1ccc2ccccc2c1C(=O)N(CCOC)Cc1ccncc1. The van der Waals surface area contributed by atoms with E-state index in [0.717, 1.165) is 16.3 Å². The van der Waals surface area contributed by atoms with E-state index in [4.69, 9.17) is 9.47 Å². The van der Waals surface area contributed by atoms with Crippen molar-refractivity contribution in [2.75, 3.05) is 26.9 Å². The molecule has 0 saturated carbocycles. The molecule has 0 saturated heterocycles. The van der Waals surface area contributed by atoms with Gasteiger partial charge in [-0.15, -0.1) is 0 Å². The maximum atomic E-state index is 13.5. The van der Waals surface area contributed by atoms with E-state index in [1.54, 1.807) is 24.4 Å². The van der Waals surface area contributed by atoms with Crippen molar-refractivity contribution in [2.45, 2.75) is 13.5 Å². The van der Waals surface area contributed by atoms with E-state index in [-0.39, 0.29) is 5.91 Å². The molecule has 0 fully saturated rings. The highest BCUT2D eigenvalue weighted by molar-refractivity contribution is 6.09. The van der Waals surface area contributed by atoms with Gasteiger partial charge in [-0.05, 0) is 41.5 Å². The molecule has 0 bridgehead atoms. The van der Waals surface area contributed by atoms with Crippen LogP contribution in [0.2, 0.25) is 0 Å². The summed E-state index contributed by atoms with van der Waals surface area (Å²) in [6, 6.07) is 15.6. The minimum Gasteiger partial charge on any atom is -0.493 e. The zero-order valence-electron chi connectivity index (χ0n) is 15.7. The number of amides is 1. The molecule has 0 unspecified atom stereocenters. The third kappa shape index (κ3) is 4.44. The van der Waals surface area contributed by atoms with Crippen LogP contribution < -0.4 is 4.74 Å². The van der Waals surface area contributed by atoms with E-state index in [9.17, 15) is 4.79 Å². The second kappa shape index (κ2) is 9.14. The highest BCUT2D eigenvalue weighted by Gasteiger charge is 2.22. The first-order valence-electron chi connectivity index (χ1n) is 9.06. The average Bonchev–Trinajstić information content (AvgIpc) is 2.71. The van der Waals surface area contributed by atoms with Crippen LogP contribution in [0, 0.1) is 0 Å². The zero-order chi connectivity index (χ0) is 19.1. The molecule has 0 aliphatic carbocycles. The minimum absolute atomic E-state index is 0.0656. The predicted molar refractivity (Wildman–Crippen MR) is 106 cm³/mol. The second-order valence-electron chi connectivity index (χ2n) is 6.17. The van der Waals surface area contributed by atoms with E-state index in [0.29, 0.717) is 37.6 Å². The van der Waals surface area contributed by atoms with Crippen LogP contribution in [0.3, 0.4) is 0 Å².